The number of benzene rings is 1. The van der Waals surface area contributed by atoms with Crippen LogP contribution in [-0.4, -0.2) is 22.2 Å². The van der Waals surface area contributed by atoms with Crippen molar-refractivity contribution < 1.29 is 4.74 Å². The van der Waals surface area contributed by atoms with Crippen LogP contribution in [0.15, 0.2) is 30.6 Å². The maximum absolute atomic E-state index is 5.30. The molecule has 0 aliphatic heterocycles. The molecular weight excluding hydrogens is 284 g/mol. The molecule has 21 heavy (non-hydrogen) atoms. The fourth-order valence-electron chi connectivity index (χ4n) is 1.77. The first kappa shape index (κ1) is 15.2. The van der Waals surface area contributed by atoms with Crippen molar-refractivity contribution in [3.63, 3.8) is 0 Å². The summed E-state index contributed by atoms with van der Waals surface area (Å²) in [4.78, 5) is 8.46. The van der Waals surface area contributed by atoms with Crippen molar-refractivity contribution in [1.29, 1.82) is 0 Å². The molecule has 0 unspecified atom stereocenters. The molecule has 0 atom stereocenters. The van der Waals surface area contributed by atoms with E-state index in [4.69, 9.17) is 17.0 Å². The van der Waals surface area contributed by atoms with E-state index in [-0.39, 0.29) is 0 Å². The first-order chi connectivity index (χ1) is 10.1. The highest BCUT2D eigenvalue weighted by Crippen LogP contribution is 2.24. The number of anilines is 1. The number of rotatable bonds is 4. The van der Waals surface area contributed by atoms with Crippen LogP contribution in [0.3, 0.4) is 0 Å². The Labute approximate surface area is 129 Å². The van der Waals surface area contributed by atoms with Crippen molar-refractivity contribution in [2.45, 2.75) is 20.4 Å². The Kier molecular flexibility index (Phi) is 5.05. The van der Waals surface area contributed by atoms with Crippen molar-refractivity contribution in [1.82, 2.24) is 15.3 Å². The van der Waals surface area contributed by atoms with E-state index in [0.29, 0.717) is 11.7 Å². The highest BCUT2D eigenvalue weighted by atomic mass is 32.1. The van der Waals surface area contributed by atoms with Gasteiger partial charge in [0, 0.05) is 6.20 Å². The maximum Gasteiger partial charge on any atom is 0.171 e. The van der Waals surface area contributed by atoms with Gasteiger partial charge in [-0.3, -0.25) is 9.97 Å². The summed E-state index contributed by atoms with van der Waals surface area (Å²) in [5.74, 6) is 0.750. The molecule has 0 bridgehead atoms. The number of nitrogens with zero attached hydrogens (tertiary/aromatic N) is 2. The Morgan fingerprint density at radius 2 is 2.05 bits per heavy atom. The monoisotopic (exact) mass is 302 g/mol. The maximum atomic E-state index is 5.30. The van der Waals surface area contributed by atoms with Crippen molar-refractivity contribution in [3.05, 3.63) is 47.5 Å². The Bertz CT molecular complexity index is 628. The number of aromatic nitrogens is 2. The molecule has 0 aliphatic rings. The van der Waals surface area contributed by atoms with Crippen LogP contribution in [0.1, 0.15) is 17.0 Å². The van der Waals surface area contributed by atoms with E-state index in [1.165, 1.54) is 0 Å². The van der Waals surface area contributed by atoms with Crippen LogP contribution in [-0.2, 0) is 6.54 Å². The van der Waals surface area contributed by atoms with Crippen LogP contribution >= 0.6 is 12.2 Å². The van der Waals surface area contributed by atoms with E-state index >= 15 is 0 Å². The molecular formula is C15H18N4OS. The van der Waals surface area contributed by atoms with Gasteiger partial charge in [-0.1, -0.05) is 6.07 Å². The minimum absolute atomic E-state index is 0.515. The number of aryl methyl sites for hydroxylation is 2. The third kappa shape index (κ3) is 4.39. The van der Waals surface area contributed by atoms with Gasteiger partial charge in [0.25, 0.3) is 0 Å². The molecule has 0 aliphatic carbocycles. The van der Waals surface area contributed by atoms with Crippen LogP contribution in [0.4, 0.5) is 5.69 Å². The van der Waals surface area contributed by atoms with Gasteiger partial charge in [-0.2, -0.15) is 0 Å². The van der Waals surface area contributed by atoms with Crippen molar-refractivity contribution in [2.24, 2.45) is 0 Å². The number of ether oxygens (including phenoxy) is 1. The minimum atomic E-state index is 0.515. The number of hydrogen-bond donors (Lipinski definition) is 2. The van der Waals surface area contributed by atoms with E-state index < -0.39 is 0 Å². The first-order valence-electron chi connectivity index (χ1n) is 6.55. The molecule has 5 nitrogen and oxygen atoms in total. The lowest BCUT2D eigenvalue weighted by molar-refractivity contribution is 0.417. The standard InChI is InChI=1S/C15H18N4OS/c1-10-4-5-14(20-3)13(6-10)19-15(21)18-9-12-8-16-11(2)7-17-12/h4-8H,9H2,1-3H3,(H2,18,19,21). The van der Waals surface area contributed by atoms with Gasteiger partial charge >= 0.3 is 0 Å². The normalized spacial score (nSPS) is 10.0. The van der Waals surface area contributed by atoms with E-state index in [1.54, 1.807) is 19.5 Å². The summed E-state index contributed by atoms with van der Waals surface area (Å²) in [7, 11) is 1.63. The van der Waals surface area contributed by atoms with E-state index in [2.05, 4.69) is 20.6 Å². The Hall–Kier alpha value is -2.21. The van der Waals surface area contributed by atoms with Crippen LogP contribution in [0.25, 0.3) is 0 Å². The highest BCUT2D eigenvalue weighted by Gasteiger charge is 2.05. The zero-order valence-corrected chi connectivity index (χ0v) is 13.1. The SMILES string of the molecule is COc1ccc(C)cc1NC(=S)NCc1cnc(C)cn1. The average molecular weight is 302 g/mol. The van der Waals surface area contributed by atoms with E-state index in [9.17, 15) is 0 Å². The zero-order chi connectivity index (χ0) is 15.2. The quantitative estimate of drug-likeness (QED) is 0.847. The molecule has 0 saturated heterocycles. The number of nitrogens with one attached hydrogen (secondary N) is 2. The van der Waals surface area contributed by atoms with Gasteiger partial charge in [-0.25, -0.2) is 0 Å². The largest absolute Gasteiger partial charge is 0.495 e. The van der Waals surface area contributed by atoms with Gasteiger partial charge in [-0.15, -0.1) is 0 Å². The lowest BCUT2D eigenvalue weighted by atomic mass is 10.2. The predicted octanol–water partition coefficient (Wildman–Crippen LogP) is 2.59. The summed E-state index contributed by atoms with van der Waals surface area (Å²) < 4.78 is 5.30. The summed E-state index contributed by atoms with van der Waals surface area (Å²) in [6.45, 7) is 4.44. The number of methoxy groups -OCH3 is 1. The predicted molar refractivity (Wildman–Crippen MR) is 87.6 cm³/mol. The molecule has 2 N–H and O–H groups in total. The lowest BCUT2D eigenvalue weighted by Gasteiger charge is -2.13. The van der Waals surface area contributed by atoms with E-state index in [0.717, 1.165) is 28.4 Å². The molecule has 2 aromatic rings. The first-order valence-corrected chi connectivity index (χ1v) is 6.96. The Morgan fingerprint density at radius 1 is 1.24 bits per heavy atom. The summed E-state index contributed by atoms with van der Waals surface area (Å²) in [6, 6.07) is 5.88. The summed E-state index contributed by atoms with van der Waals surface area (Å²) in [5.41, 5.74) is 3.69. The Morgan fingerprint density at radius 3 is 2.71 bits per heavy atom. The number of hydrogen-bond acceptors (Lipinski definition) is 4. The van der Waals surface area contributed by atoms with Crippen LogP contribution in [0.5, 0.6) is 5.75 Å². The Balaban J connectivity index is 1.95. The van der Waals surface area contributed by atoms with Gasteiger partial charge in [0.2, 0.25) is 0 Å². The van der Waals surface area contributed by atoms with Crippen molar-refractivity contribution >= 4 is 23.0 Å². The molecule has 0 fully saturated rings. The van der Waals surface area contributed by atoms with Crippen LogP contribution in [0, 0.1) is 13.8 Å². The molecule has 1 aromatic heterocycles. The average Bonchev–Trinajstić information content (AvgIpc) is 2.47. The zero-order valence-electron chi connectivity index (χ0n) is 12.3. The second-order valence-electron chi connectivity index (χ2n) is 4.66. The lowest BCUT2D eigenvalue weighted by Crippen LogP contribution is -2.28. The molecule has 0 amide bonds. The van der Waals surface area contributed by atoms with Gasteiger partial charge < -0.3 is 15.4 Å². The second-order valence-corrected chi connectivity index (χ2v) is 5.07. The molecule has 0 saturated carbocycles. The van der Waals surface area contributed by atoms with Gasteiger partial charge in [0.1, 0.15) is 5.75 Å². The molecule has 2 rings (SSSR count). The summed E-state index contributed by atoms with van der Waals surface area (Å²) in [5, 5.41) is 6.75. The molecule has 0 spiro atoms. The third-order valence-electron chi connectivity index (χ3n) is 2.87. The molecule has 6 heteroatoms. The minimum Gasteiger partial charge on any atom is -0.495 e. The topological polar surface area (TPSA) is 59.1 Å². The highest BCUT2D eigenvalue weighted by molar-refractivity contribution is 7.80. The van der Waals surface area contributed by atoms with Gasteiger partial charge in [-0.05, 0) is 43.8 Å². The molecule has 1 heterocycles. The summed E-state index contributed by atoms with van der Waals surface area (Å²) >= 11 is 5.29. The molecule has 110 valence electrons. The van der Waals surface area contributed by atoms with Crippen LogP contribution < -0.4 is 15.4 Å². The second kappa shape index (κ2) is 6.99. The number of thiocarbonyl (C=S) groups is 1. The third-order valence-corrected chi connectivity index (χ3v) is 3.11. The van der Waals surface area contributed by atoms with E-state index in [1.807, 2.05) is 32.0 Å². The fraction of sp³-hybridized carbons (Fsp3) is 0.267. The molecule has 1 aromatic carbocycles. The summed E-state index contributed by atoms with van der Waals surface area (Å²) in [6.07, 6.45) is 3.47. The molecule has 0 radical (unpaired) electrons. The fourth-order valence-corrected chi connectivity index (χ4v) is 1.95. The van der Waals surface area contributed by atoms with Gasteiger partial charge in [0.15, 0.2) is 5.11 Å². The van der Waals surface area contributed by atoms with Crippen molar-refractivity contribution in [3.8, 4) is 5.75 Å². The smallest absolute Gasteiger partial charge is 0.171 e. The van der Waals surface area contributed by atoms with Gasteiger partial charge in [0.05, 0.1) is 36.9 Å². The van der Waals surface area contributed by atoms with Crippen molar-refractivity contribution in [2.75, 3.05) is 12.4 Å². The van der Waals surface area contributed by atoms with Crippen LogP contribution in [0.2, 0.25) is 0 Å².